The van der Waals surface area contributed by atoms with Crippen LogP contribution in [0.4, 0.5) is 8.78 Å². The molecule has 0 saturated carbocycles. The first-order chi connectivity index (χ1) is 12.2. The first kappa shape index (κ1) is 18.9. The Labute approximate surface area is 150 Å². The van der Waals surface area contributed by atoms with E-state index in [0.717, 1.165) is 32.9 Å². The molecule has 140 valence electrons. The van der Waals surface area contributed by atoms with Gasteiger partial charge in [0.05, 0.1) is 9.79 Å². The Balaban J connectivity index is 1.75. The highest BCUT2D eigenvalue weighted by Gasteiger charge is 2.33. The van der Waals surface area contributed by atoms with Gasteiger partial charge < -0.3 is 0 Å². The zero-order valence-electron chi connectivity index (χ0n) is 13.5. The minimum Gasteiger partial charge on any atom is -0.207 e. The summed E-state index contributed by atoms with van der Waals surface area (Å²) in [5, 5.41) is 0. The maximum Gasteiger partial charge on any atom is 0.243 e. The monoisotopic (exact) mass is 402 g/mol. The van der Waals surface area contributed by atoms with Crippen molar-refractivity contribution in [3.05, 3.63) is 60.2 Å². The lowest BCUT2D eigenvalue weighted by Gasteiger charge is -2.33. The van der Waals surface area contributed by atoms with Gasteiger partial charge in [0.2, 0.25) is 20.0 Å². The van der Waals surface area contributed by atoms with E-state index in [2.05, 4.69) is 0 Å². The van der Waals surface area contributed by atoms with E-state index in [1.54, 1.807) is 0 Å². The average Bonchev–Trinajstić information content (AvgIpc) is 2.62. The van der Waals surface area contributed by atoms with Gasteiger partial charge in [-0.15, -0.1) is 0 Å². The number of hydrogen-bond acceptors (Lipinski definition) is 4. The van der Waals surface area contributed by atoms with Crippen molar-refractivity contribution in [2.24, 2.45) is 0 Å². The van der Waals surface area contributed by atoms with Gasteiger partial charge in [0.1, 0.15) is 11.6 Å². The molecule has 1 aliphatic rings. The van der Waals surface area contributed by atoms with E-state index in [1.807, 2.05) is 0 Å². The quantitative estimate of drug-likeness (QED) is 0.780. The van der Waals surface area contributed by atoms with Crippen LogP contribution in [0.25, 0.3) is 0 Å². The summed E-state index contributed by atoms with van der Waals surface area (Å²) in [5.74, 6) is -1.21. The molecule has 0 radical (unpaired) electrons. The zero-order chi connectivity index (χ0) is 18.9. The summed E-state index contributed by atoms with van der Waals surface area (Å²) >= 11 is 0. The Morgan fingerprint density at radius 3 is 1.65 bits per heavy atom. The fourth-order valence-corrected chi connectivity index (χ4v) is 5.56. The summed E-state index contributed by atoms with van der Waals surface area (Å²) in [7, 11) is -7.74. The molecule has 1 aliphatic heterocycles. The van der Waals surface area contributed by atoms with Crippen molar-refractivity contribution >= 4 is 20.0 Å². The molecule has 26 heavy (non-hydrogen) atoms. The second-order valence-electron chi connectivity index (χ2n) is 5.72. The van der Waals surface area contributed by atoms with E-state index in [9.17, 15) is 25.6 Å². The highest BCUT2D eigenvalue weighted by Crippen LogP contribution is 2.22. The molecule has 0 aromatic heterocycles. The molecule has 0 atom stereocenters. The van der Waals surface area contributed by atoms with Crippen LogP contribution in [0.1, 0.15) is 0 Å². The summed E-state index contributed by atoms with van der Waals surface area (Å²) in [6, 6.07) is 9.11. The molecule has 2 aromatic rings. The molecule has 1 fully saturated rings. The molecule has 0 N–H and O–H groups in total. The molecule has 2 aromatic carbocycles. The van der Waals surface area contributed by atoms with Gasteiger partial charge in [-0.05, 0) is 42.5 Å². The molecule has 10 heteroatoms. The number of sulfonamides is 2. The van der Waals surface area contributed by atoms with Crippen molar-refractivity contribution in [1.82, 2.24) is 8.61 Å². The average molecular weight is 402 g/mol. The van der Waals surface area contributed by atoms with Gasteiger partial charge in [-0.3, -0.25) is 0 Å². The number of nitrogens with zero attached hydrogens (tertiary/aromatic N) is 2. The summed E-state index contributed by atoms with van der Waals surface area (Å²) < 4.78 is 78.8. The predicted molar refractivity (Wildman–Crippen MR) is 90.3 cm³/mol. The molecular formula is C16H16F2N2O4S2. The van der Waals surface area contributed by atoms with Gasteiger partial charge in [-0.1, -0.05) is 6.07 Å². The smallest absolute Gasteiger partial charge is 0.207 e. The van der Waals surface area contributed by atoms with Gasteiger partial charge in [0, 0.05) is 26.2 Å². The summed E-state index contributed by atoms with van der Waals surface area (Å²) in [4.78, 5) is -0.229. The van der Waals surface area contributed by atoms with E-state index in [4.69, 9.17) is 0 Å². The molecule has 0 amide bonds. The minimum atomic E-state index is -3.90. The van der Waals surface area contributed by atoms with Crippen molar-refractivity contribution in [2.45, 2.75) is 9.79 Å². The second-order valence-corrected chi connectivity index (χ2v) is 9.60. The maximum absolute atomic E-state index is 13.3. The van der Waals surface area contributed by atoms with Crippen LogP contribution in [0.5, 0.6) is 0 Å². The van der Waals surface area contributed by atoms with Crippen molar-refractivity contribution in [1.29, 1.82) is 0 Å². The van der Waals surface area contributed by atoms with Crippen LogP contribution in [0.2, 0.25) is 0 Å². The third-order valence-electron chi connectivity index (χ3n) is 4.08. The van der Waals surface area contributed by atoms with Gasteiger partial charge in [-0.25, -0.2) is 25.6 Å². The van der Waals surface area contributed by atoms with E-state index in [1.165, 1.54) is 24.3 Å². The Kier molecular flexibility index (Phi) is 5.11. The van der Waals surface area contributed by atoms with Crippen LogP contribution in [0.15, 0.2) is 58.3 Å². The van der Waals surface area contributed by atoms with Crippen molar-refractivity contribution < 1.29 is 25.6 Å². The fourth-order valence-electron chi connectivity index (χ4n) is 2.68. The molecular weight excluding hydrogens is 386 g/mol. The predicted octanol–water partition coefficient (Wildman–Crippen LogP) is 1.66. The van der Waals surface area contributed by atoms with Gasteiger partial charge >= 0.3 is 0 Å². The summed E-state index contributed by atoms with van der Waals surface area (Å²) in [5.41, 5.74) is 0. The van der Waals surface area contributed by atoms with Crippen LogP contribution in [0, 0.1) is 11.6 Å². The molecule has 0 unspecified atom stereocenters. The van der Waals surface area contributed by atoms with Crippen LogP contribution in [-0.4, -0.2) is 51.6 Å². The van der Waals surface area contributed by atoms with Crippen molar-refractivity contribution in [3.63, 3.8) is 0 Å². The molecule has 1 saturated heterocycles. The van der Waals surface area contributed by atoms with E-state index in [-0.39, 0.29) is 36.0 Å². The molecule has 6 nitrogen and oxygen atoms in total. The summed E-state index contributed by atoms with van der Waals surface area (Å²) in [6.45, 7) is -0.207. The lowest BCUT2D eigenvalue weighted by molar-refractivity contribution is 0.272. The lowest BCUT2D eigenvalue weighted by Crippen LogP contribution is -2.50. The zero-order valence-corrected chi connectivity index (χ0v) is 15.2. The standard InChI is InChI=1S/C16H16F2N2O4S2/c17-13-4-6-15(7-5-13)25(21,22)19-8-10-20(11-9-19)26(23,24)16-3-1-2-14(18)12-16/h1-7,12H,8-11H2. The lowest BCUT2D eigenvalue weighted by atomic mass is 10.4. The number of piperazine rings is 1. The normalized spacial score (nSPS) is 17.3. The van der Waals surface area contributed by atoms with Crippen LogP contribution >= 0.6 is 0 Å². The molecule has 0 bridgehead atoms. The van der Waals surface area contributed by atoms with Crippen LogP contribution < -0.4 is 0 Å². The van der Waals surface area contributed by atoms with E-state index >= 15 is 0 Å². The van der Waals surface area contributed by atoms with E-state index < -0.39 is 31.7 Å². The number of benzene rings is 2. The number of rotatable bonds is 4. The Bertz CT molecular complexity index is 1000. The first-order valence-corrected chi connectivity index (χ1v) is 10.6. The SMILES string of the molecule is O=S(=O)(c1ccc(F)cc1)N1CCN(S(=O)(=O)c2cccc(F)c2)CC1. The van der Waals surface area contributed by atoms with E-state index in [0.29, 0.717) is 0 Å². The van der Waals surface area contributed by atoms with Crippen molar-refractivity contribution in [3.8, 4) is 0 Å². The Morgan fingerprint density at radius 1 is 0.654 bits per heavy atom. The van der Waals surface area contributed by atoms with Gasteiger partial charge in [0.25, 0.3) is 0 Å². The highest BCUT2D eigenvalue weighted by atomic mass is 32.2. The summed E-state index contributed by atoms with van der Waals surface area (Å²) in [6.07, 6.45) is 0. The third-order valence-corrected chi connectivity index (χ3v) is 7.89. The maximum atomic E-state index is 13.3. The highest BCUT2D eigenvalue weighted by molar-refractivity contribution is 7.89. The Morgan fingerprint density at radius 2 is 1.15 bits per heavy atom. The van der Waals surface area contributed by atoms with Gasteiger partial charge in [0.15, 0.2) is 0 Å². The number of hydrogen-bond donors (Lipinski definition) is 0. The first-order valence-electron chi connectivity index (χ1n) is 7.73. The van der Waals surface area contributed by atoms with Gasteiger partial charge in [-0.2, -0.15) is 8.61 Å². The Hall–Kier alpha value is -1.88. The topological polar surface area (TPSA) is 74.8 Å². The largest absolute Gasteiger partial charge is 0.243 e. The van der Waals surface area contributed by atoms with Crippen molar-refractivity contribution in [2.75, 3.05) is 26.2 Å². The second kappa shape index (κ2) is 7.03. The fraction of sp³-hybridized carbons (Fsp3) is 0.250. The molecule has 3 rings (SSSR count). The molecule has 0 aliphatic carbocycles. The van der Waals surface area contributed by atoms with Crippen LogP contribution in [0.3, 0.4) is 0 Å². The van der Waals surface area contributed by atoms with Crippen LogP contribution in [-0.2, 0) is 20.0 Å². The molecule has 1 heterocycles. The third kappa shape index (κ3) is 3.63. The minimum absolute atomic E-state index is 0.0474. The number of halogens is 2. The molecule has 0 spiro atoms.